The van der Waals surface area contributed by atoms with Crippen molar-refractivity contribution in [2.24, 2.45) is 17.4 Å². The zero-order chi connectivity index (χ0) is 13.6. The molecule has 7 heteroatoms. The van der Waals surface area contributed by atoms with Crippen LogP contribution in [0.2, 0.25) is 0 Å². The van der Waals surface area contributed by atoms with Gasteiger partial charge >= 0.3 is 5.97 Å². The fraction of sp³-hybridized carbons (Fsp3) is 0.700. The Morgan fingerprint density at radius 3 is 1.82 bits per heavy atom. The highest BCUT2D eigenvalue weighted by Gasteiger charge is 2.28. The van der Waals surface area contributed by atoms with Crippen molar-refractivity contribution in [3.63, 3.8) is 0 Å². The highest BCUT2D eigenvalue weighted by molar-refractivity contribution is 5.79. The SMILES string of the molecule is COC(=O)C(C)C(C)N(CC(N)=O)CC(N)=O. The van der Waals surface area contributed by atoms with E-state index in [0.717, 1.165) is 0 Å². The van der Waals surface area contributed by atoms with E-state index in [9.17, 15) is 14.4 Å². The number of methoxy groups -OCH3 is 1. The second-order valence-corrected chi connectivity index (χ2v) is 3.89. The molecule has 0 aromatic rings. The molecule has 0 aromatic carbocycles. The zero-order valence-electron chi connectivity index (χ0n) is 10.3. The van der Waals surface area contributed by atoms with E-state index in [4.69, 9.17) is 11.5 Å². The summed E-state index contributed by atoms with van der Waals surface area (Å²) in [5.74, 6) is -2.08. The summed E-state index contributed by atoms with van der Waals surface area (Å²) in [7, 11) is 1.28. The summed E-state index contributed by atoms with van der Waals surface area (Å²) in [5, 5.41) is 0. The van der Waals surface area contributed by atoms with Crippen LogP contribution in [0.15, 0.2) is 0 Å². The van der Waals surface area contributed by atoms with Gasteiger partial charge in [-0.25, -0.2) is 0 Å². The molecule has 0 aliphatic rings. The van der Waals surface area contributed by atoms with Crippen LogP contribution in [-0.4, -0.2) is 48.9 Å². The van der Waals surface area contributed by atoms with Gasteiger partial charge in [-0.2, -0.15) is 0 Å². The average Bonchev–Trinajstić information content (AvgIpc) is 2.23. The third-order valence-electron chi connectivity index (χ3n) is 2.59. The predicted octanol–water partition coefficient (Wildman–Crippen LogP) is -1.54. The van der Waals surface area contributed by atoms with Crippen LogP contribution in [0.25, 0.3) is 0 Å². The van der Waals surface area contributed by atoms with Gasteiger partial charge in [0.05, 0.1) is 26.1 Å². The summed E-state index contributed by atoms with van der Waals surface area (Å²) in [6.45, 7) is 3.08. The lowest BCUT2D eigenvalue weighted by Crippen LogP contribution is -2.48. The van der Waals surface area contributed by atoms with Crippen LogP contribution in [0.3, 0.4) is 0 Å². The Hall–Kier alpha value is -1.63. The Morgan fingerprint density at radius 2 is 1.53 bits per heavy atom. The van der Waals surface area contributed by atoms with E-state index < -0.39 is 23.7 Å². The molecule has 0 saturated carbocycles. The van der Waals surface area contributed by atoms with Crippen molar-refractivity contribution in [1.82, 2.24) is 4.90 Å². The summed E-state index contributed by atoms with van der Waals surface area (Å²) in [5.41, 5.74) is 10.1. The van der Waals surface area contributed by atoms with Gasteiger partial charge in [-0.3, -0.25) is 19.3 Å². The first-order valence-electron chi connectivity index (χ1n) is 5.18. The van der Waals surface area contributed by atoms with Crippen LogP contribution in [0.4, 0.5) is 0 Å². The molecular weight excluding hydrogens is 226 g/mol. The van der Waals surface area contributed by atoms with Crippen molar-refractivity contribution in [1.29, 1.82) is 0 Å². The molecule has 2 amide bonds. The molecule has 0 fully saturated rings. The Balaban J connectivity index is 4.71. The number of primary amides is 2. The van der Waals surface area contributed by atoms with Gasteiger partial charge in [-0.15, -0.1) is 0 Å². The molecule has 0 aliphatic carbocycles. The first kappa shape index (κ1) is 15.4. The second-order valence-electron chi connectivity index (χ2n) is 3.89. The van der Waals surface area contributed by atoms with Crippen molar-refractivity contribution < 1.29 is 19.1 Å². The van der Waals surface area contributed by atoms with Gasteiger partial charge in [0, 0.05) is 6.04 Å². The number of amides is 2. The topological polar surface area (TPSA) is 116 Å². The maximum absolute atomic E-state index is 11.3. The minimum absolute atomic E-state index is 0.133. The lowest BCUT2D eigenvalue weighted by Gasteiger charge is -2.29. The molecule has 0 aliphatic heterocycles. The Bertz CT molecular complexity index is 290. The number of nitrogens with zero attached hydrogens (tertiary/aromatic N) is 1. The molecule has 98 valence electrons. The summed E-state index contributed by atoms with van der Waals surface area (Å²) in [4.78, 5) is 34.5. The molecule has 0 saturated heterocycles. The molecular formula is C10H19N3O4. The lowest BCUT2D eigenvalue weighted by molar-refractivity contribution is -0.148. The van der Waals surface area contributed by atoms with Gasteiger partial charge < -0.3 is 16.2 Å². The quantitative estimate of drug-likeness (QED) is 0.527. The highest BCUT2D eigenvalue weighted by Crippen LogP contribution is 2.12. The molecule has 2 atom stereocenters. The summed E-state index contributed by atoms with van der Waals surface area (Å²) in [6.07, 6.45) is 0. The fourth-order valence-electron chi connectivity index (χ4n) is 1.44. The van der Waals surface area contributed by atoms with Crippen LogP contribution in [0, 0.1) is 5.92 Å². The number of hydrogen-bond acceptors (Lipinski definition) is 5. The van der Waals surface area contributed by atoms with Crippen LogP contribution in [-0.2, 0) is 19.1 Å². The molecule has 4 N–H and O–H groups in total. The third-order valence-corrected chi connectivity index (χ3v) is 2.59. The van der Waals surface area contributed by atoms with Gasteiger partial charge in [0.2, 0.25) is 11.8 Å². The summed E-state index contributed by atoms with van der Waals surface area (Å²) in [6, 6.07) is -0.373. The van der Waals surface area contributed by atoms with Crippen LogP contribution < -0.4 is 11.5 Å². The van der Waals surface area contributed by atoms with Crippen molar-refractivity contribution in [2.45, 2.75) is 19.9 Å². The van der Waals surface area contributed by atoms with E-state index >= 15 is 0 Å². The first-order valence-corrected chi connectivity index (χ1v) is 5.18. The van der Waals surface area contributed by atoms with Gasteiger partial charge in [-0.1, -0.05) is 6.92 Å². The number of ether oxygens (including phenoxy) is 1. The maximum Gasteiger partial charge on any atom is 0.309 e. The normalized spacial score (nSPS) is 14.1. The van der Waals surface area contributed by atoms with E-state index in [-0.39, 0.29) is 19.1 Å². The Labute approximate surface area is 100 Å². The smallest absolute Gasteiger partial charge is 0.309 e. The largest absolute Gasteiger partial charge is 0.469 e. The summed E-state index contributed by atoms with van der Waals surface area (Å²) >= 11 is 0. The van der Waals surface area contributed by atoms with Crippen molar-refractivity contribution in [3.05, 3.63) is 0 Å². The molecule has 0 aromatic heterocycles. The minimum Gasteiger partial charge on any atom is -0.469 e. The van der Waals surface area contributed by atoms with Crippen LogP contribution in [0.5, 0.6) is 0 Å². The molecule has 0 spiro atoms. The molecule has 17 heavy (non-hydrogen) atoms. The number of esters is 1. The number of hydrogen-bond donors (Lipinski definition) is 2. The Kier molecular flexibility index (Phi) is 6.19. The number of nitrogens with two attached hydrogens (primary N) is 2. The van der Waals surface area contributed by atoms with Crippen molar-refractivity contribution in [3.8, 4) is 0 Å². The van der Waals surface area contributed by atoms with E-state index in [1.165, 1.54) is 12.0 Å². The van der Waals surface area contributed by atoms with Gasteiger partial charge in [0.15, 0.2) is 0 Å². The van der Waals surface area contributed by atoms with Crippen LogP contribution in [0.1, 0.15) is 13.8 Å². The number of carbonyl (C=O) groups excluding carboxylic acids is 3. The monoisotopic (exact) mass is 245 g/mol. The van der Waals surface area contributed by atoms with E-state index in [0.29, 0.717) is 0 Å². The third kappa shape index (κ3) is 5.30. The standard InChI is InChI=1S/C10H19N3O4/c1-6(10(16)17-3)7(2)13(4-8(11)14)5-9(12)15/h6-7H,4-5H2,1-3H3,(H2,11,14)(H2,12,15). The van der Waals surface area contributed by atoms with E-state index in [1.54, 1.807) is 13.8 Å². The summed E-state index contributed by atoms with van der Waals surface area (Å²) < 4.78 is 4.60. The maximum atomic E-state index is 11.3. The first-order chi connectivity index (χ1) is 7.79. The second kappa shape index (κ2) is 6.85. The minimum atomic E-state index is -0.588. The van der Waals surface area contributed by atoms with E-state index in [2.05, 4.69) is 4.74 Å². The average molecular weight is 245 g/mol. The van der Waals surface area contributed by atoms with Gasteiger partial charge in [0.25, 0.3) is 0 Å². The predicted molar refractivity (Wildman–Crippen MR) is 60.6 cm³/mol. The molecule has 0 radical (unpaired) electrons. The van der Waals surface area contributed by atoms with Gasteiger partial charge in [-0.05, 0) is 6.92 Å². The molecule has 2 unspecified atom stereocenters. The molecule has 0 heterocycles. The zero-order valence-corrected chi connectivity index (χ0v) is 10.3. The molecule has 0 rings (SSSR count). The number of carbonyl (C=O) groups is 3. The van der Waals surface area contributed by atoms with Crippen molar-refractivity contribution >= 4 is 17.8 Å². The number of rotatable bonds is 7. The lowest BCUT2D eigenvalue weighted by atomic mass is 10.0. The van der Waals surface area contributed by atoms with Gasteiger partial charge in [0.1, 0.15) is 0 Å². The van der Waals surface area contributed by atoms with Crippen molar-refractivity contribution in [2.75, 3.05) is 20.2 Å². The fourth-order valence-corrected chi connectivity index (χ4v) is 1.44. The van der Waals surface area contributed by atoms with E-state index in [1.807, 2.05) is 0 Å². The van der Waals surface area contributed by atoms with Crippen LogP contribution >= 0.6 is 0 Å². The molecule has 0 bridgehead atoms. The molecule has 7 nitrogen and oxygen atoms in total. The highest BCUT2D eigenvalue weighted by atomic mass is 16.5. The Morgan fingerprint density at radius 1 is 1.12 bits per heavy atom.